The van der Waals surface area contributed by atoms with Crippen molar-refractivity contribution in [2.24, 2.45) is 17.8 Å². The number of aromatic nitrogens is 4. The Kier molecular flexibility index (Phi) is 5.40. The molecule has 1 aromatic carbocycles. The smallest absolute Gasteiger partial charge is 0.399 e. The quantitative estimate of drug-likeness (QED) is 0.470. The zero-order chi connectivity index (χ0) is 26.2. The monoisotopic (exact) mass is 513 g/mol. The molecule has 11 heteroatoms. The van der Waals surface area contributed by atoms with Gasteiger partial charge < -0.3 is 16.0 Å². The second kappa shape index (κ2) is 8.32. The minimum Gasteiger partial charge on any atom is -0.399 e. The van der Waals surface area contributed by atoms with Crippen LogP contribution in [0.15, 0.2) is 18.2 Å². The maximum absolute atomic E-state index is 13.5. The zero-order valence-corrected chi connectivity index (χ0v) is 21.0. The summed E-state index contributed by atoms with van der Waals surface area (Å²) in [6, 6.07) is 3.03. The van der Waals surface area contributed by atoms with Crippen molar-refractivity contribution < 1.29 is 18.0 Å². The number of nitrogens with one attached hydrogen (secondary N) is 1. The van der Waals surface area contributed by atoms with Crippen LogP contribution >= 0.6 is 0 Å². The van der Waals surface area contributed by atoms with Crippen LogP contribution < -0.4 is 11.1 Å². The van der Waals surface area contributed by atoms with Gasteiger partial charge in [0.1, 0.15) is 11.6 Å². The van der Waals surface area contributed by atoms with Crippen molar-refractivity contribution in [1.82, 2.24) is 24.5 Å². The average Bonchev–Trinajstić information content (AvgIpc) is 3.58. The number of hydrogen-bond donors (Lipinski definition) is 2. The number of carbonyl (C=O) groups is 1. The number of rotatable bonds is 5. The third kappa shape index (κ3) is 3.99. The summed E-state index contributed by atoms with van der Waals surface area (Å²) < 4.78 is 42.1. The molecule has 1 amide bonds. The standard InChI is InChI=1S/C26H30F3N7O/c1-12(2)23-33-34-25-32-22(31-13(3)15-7-17(26(27,28)29)9-18(30)8-15)20-10-35(11-21(20)36(23)25)24(37)19-6-14-4-16(19)5-14/h7-9,12-14,16,19H,4-6,10-11,30H2,1-3H3,(H,31,32,34). The Morgan fingerprint density at radius 2 is 1.86 bits per heavy atom. The highest BCUT2D eigenvalue weighted by atomic mass is 19.4. The number of hydrogen-bond acceptors (Lipinski definition) is 6. The molecule has 8 nitrogen and oxygen atoms in total. The van der Waals surface area contributed by atoms with Gasteiger partial charge in [0.25, 0.3) is 5.78 Å². The number of fused-ring (bicyclic) bond motifs is 4. The lowest BCUT2D eigenvalue weighted by Gasteiger charge is -2.26. The summed E-state index contributed by atoms with van der Waals surface area (Å²) >= 11 is 0. The molecule has 3 heterocycles. The van der Waals surface area contributed by atoms with Crippen LogP contribution in [0.5, 0.6) is 0 Å². The Balaban J connectivity index is 1.36. The highest BCUT2D eigenvalue weighted by Crippen LogP contribution is 2.53. The van der Waals surface area contributed by atoms with E-state index in [9.17, 15) is 18.0 Å². The first-order chi connectivity index (χ1) is 17.5. The van der Waals surface area contributed by atoms with Gasteiger partial charge >= 0.3 is 6.18 Å². The van der Waals surface area contributed by atoms with Crippen molar-refractivity contribution in [2.45, 2.75) is 71.3 Å². The molecule has 3 N–H and O–H groups in total. The third-order valence-electron chi connectivity index (χ3n) is 8.21. The van der Waals surface area contributed by atoms with Crippen LogP contribution in [0.2, 0.25) is 0 Å². The molecule has 4 aliphatic rings. The molecular weight excluding hydrogens is 483 g/mol. The molecule has 7 rings (SSSR count). The number of benzene rings is 1. The number of amides is 1. The summed E-state index contributed by atoms with van der Waals surface area (Å²) in [7, 11) is 0. The summed E-state index contributed by atoms with van der Waals surface area (Å²) in [4.78, 5) is 20.1. The van der Waals surface area contributed by atoms with Gasteiger partial charge in [-0.25, -0.2) is 0 Å². The van der Waals surface area contributed by atoms with Gasteiger partial charge in [-0.3, -0.25) is 9.20 Å². The Morgan fingerprint density at radius 1 is 1.11 bits per heavy atom. The molecule has 3 aliphatic carbocycles. The fourth-order valence-corrected chi connectivity index (χ4v) is 6.24. The largest absolute Gasteiger partial charge is 0.416 e. The SMILES string of the molecule is CC(C)c1nnc2nc(NC(C)c3cc(N)cc(C(F)(F)F)c3)c3c(n12)CN(C(=O)C1CC2CC1C2)C3. The highest BCUT2D eigenvalue weighted by molar-refractivity contribution is 5.81. The summed E-state index contributed by atoms with van der Waals surface area (Å²) in [5, 5.41) is 11.9. The number of halogens is 3. The molecule has 0 saturated heterocycles. The summed E-state index contributed by atoms with van der Waals surface area (Å²) in [5.41, 5.74) is 7.18. The predicted molar refractivity (Wildman–Crippen MR) is 131 cm³/mol. The van der Waals surface area contributed by atoms with E-state index in [-0.39, 0.29) is 23.4 Å². The van der Waals surface area contributed by atoms with Crippen LogP contribution in [0.3, 0.4) is 0 Å². The molecule has 3 saturated carbocycles. The molecule has 2 bridgehead atoms. The van der Waals surface area contributed by atoms with E-state index >= 15 is 0 Å². The second-order valence-electron chi connectivity index (χ2n) is 11.1. The van der Waals surface area contributed by atoms with Crippen LogP contribution in [0.25, 0.3) is 5.78 Å². The average molecular weight is 514 g/mol. The van der Waals surface area contributed by atoms with E-state index in [4.69, 9.17) is 10.7 Å². The number of nitrogens with zero attached hydrogens (tertiary/aromatic N) is 5. The maximum Gasteiger partial charge on any atom is 0.416 e. The van der Waals surface area contributed by atoms with Gasteiger partial charge in [0.15, 0.2) is 0 Å². The van der Waals surface area contributed by atoms with E-state index in [1.54, 1.807) is 6.92 Å². The molecule has 196 valence electrons. The maximum atomic E-state index is 13.5. The van der Waals surface area contributed by atoms with Gasteiger partial charge in [-0.05, 0) is 61.8 Å². The summed E-state index contributed by atoms with van der Waals surface area (Å²) in [5.74, 6) is 3.19. The van der Waals surface area contributed by atoms with Gasteiger partial charge in [-0.2, -0.15) is 18.2 Å². The zero-order valence-electron chi connectivity index (χ0n) is 21.0. The van der Waals surface area contributed by atoms with Crippen LogP contribution in [-0.2, 0) is 24.1 Å². The summed E-state index contributed by atoms with van der Waals surface area (Å²) in [6.45, 7) is 6.64. The number of carbonyl (C=O) groups excluding carboxylic acids is 1. The Labute approximate surface area is 212 Å². The van der Waals surface area contributed by atoms with Gasteiger partial charge in [-0.1, -0.05) is 13.8 Å². The van der Waals surface area contributed by atoms with Gasteiger partial charge in [0, 0.05) is 23.1 Å². The van der Waals surface area contributed by atoms with Crippen molar-refractivity contribution in [3.05, 3.63) is 46.4 Å². The molecule has 2 unspecified atom stereocenters. The van der Waals surface area contributed by atoms with Crippen molar-refractivity contribution in [1.29, 1.82) is 0 Å². The third-order valence-corrected chi connectivity index (χ3v) is 8.21. The summed E-state index contributed by atoms with van der Waals surface area (Å²) in [6.07, 6.45) is -1.24. The fraction of sp³-hybridized carbons (Fsp3) is 0.538. The van der Waals surface area contributed by atoms with Crippen molar-refractivity contribution in [2.75, 3.05) is 11.1 Å². The first kappa shape index (κ1) is 24.0. The lowest BCUT2D eigenvalue weighted by Crippen LogP contribution is -2.33. The van der Waals surface area contributed by atoms with E-state index in [1.165, 1.54) is 6.07 Å². The molecule has 3 aromatic rings. The molecule has 37 heavy (non-hydrogen) atoms. The minimum absolute atomic E-state index is 0.0397. The van der Waals surface area contributed by atoms with Crippen LogP contribution in [0.1, 0.15) is 80.2 Å². The van der Waals surface area contributed by atoms with E-state index in [0.29, 0.717) is 42.1 Å². The van der Waals surface area contributed by atoms with Gasteiger partial charge in [0.2, 0.25) is 5.91 Å². The predicted octanol–water partition coefficient (Wildman–Crippen LogP) is 4.91. The first-order valence-corrected chi connectivity index (χ1v) is 12.8. The second-order valence-corrected chi connectivity index (χ2v) is 11.1. The fourth-order valence-electron chi connectivity index (χ4n) is 6.24. The molecule has 1 aliphatic heterocycles. The molecule has 2 aromatic heterocycles. The van der Waals surface area contributed by atoms with Crippen molar-refractivity contribution in [3.63, 3.8) is 0 Å². The van der Waals surface area contributed by atoms with E-state index in [0.717, 1.165) is 48.5 Å². The lowest BCUT2D eigenvalue weighted by molar-refractivity contribution is -0.138. The number of nitrogen functional groups attached to an aromatic ring is 1. The van der Waals surface area contributed by atoms with Crippen LogP contribution in [0.4, 0.5) is 24.7 Å². The lowest BCUT2D eigenvalue weighted by atomic mass is 9.82. The van der Waals surface area contributed by atoms with Crippen molar-refractivity contribution in [3.8, 4) is 0 Å². The van der Waals surface area contributed by atoms with E-state index in [1.807, 2.05) is 23.1 Å². The first-order valence-electron chi connectivity index (χ1n) is 12.8. The topological polar surface area (TPSA) is 101 Å². The van der Waals surface area contributed by atoms with E-state index < -0.39 is 17.8 Å². The van der Waals surface area contributed by atoms with E-state index in [2.05, 4.69) is 15.5 Å². The Hall–Kier alpha value is -3.37. The minimum atomic E-state index is -4.50. The molecule has 0 radical (unpaired) electrons. The number of anilines is 2. The number of nitrogens with two attached hydrogens (primary N) is 1. The number of alkyl halides is 3. The Morgan fingerprint density at radius 3 is 2.51 bits per heavy atom. The molecule has 0 spiro atoms. The van der Waals surface area contributed by atoms with Crippen LogP contribution in [0, 0.1) is 17.8 Å². The van der Waals surface area contributed by atoms with Crippen LogP contribution in [-0.4, -0.2) is 30.4 Å². The normalized spacial score (nSPS) is 23.4. The van der Waals surface area contributed by atoms with Gasteiger partial charge in [0.05, 0.1) is 30.4 Å². The Bertz CT molecular complexity index is 1390. The van der Waals surface area contributed by atoms with Crippen molar-refractivity contribution >= 4 is 23.2 Å². The highest BCUT2D eigenvalue weighted by Gasteiger charge is 2.49. The molecule has 3 fully saturated rings. The van der Waals surface area contributed by atoms with Gasteiger partial charge in [-0.15, -0.1) is 10.2 Å². The molecule has 2 atom stereocenters. The molecular formula is C26H30F3N7O.